The van der Waals surface area contributed by atoms with Crippen LogP contribution in [0.5, 0.6) is 0 Å². The van der Waals surface area contributed by atoms with Gasteiger partial charge in [-0.3, -0.25) is 19.1 Å². The van der Waals surface area contributed by atoms with E-state index in [-0.39, 0.29) is 52.2 Å². The van der Waals surface area contributed by atoms with Crippen LogP contribution in [-0.2, 0) is 47.3 Å². The fourth-order valence-electron chi connectivity index (χ4n) is 4.87. The van der Waals surface area contributed by atoms with Gasteiger partial charge in [0.15, 0.2) is 10.8 Å². The van der Waals surface area contributed by atoms with E-state index >= 15 is 0 Å². The number of aliphatic carboxylic acids is 2. The number of nitrogens with one attached hydrogen (secondary N) is 2. The molecule has 20 nitrogen and oxygen atoms in total. The van der Waals surface area contributed by atoms with E-state index in [1.165, 1.54) is 18.7 Å². The molecule has 24 heteroatoms. The SMILES string of the molecule is C[C@H](ON=C(C(=O)NC1C(=O)N2C(C(=O)O)=C(C[n+]3cccc4c3nc(N)n4CCNS(N)(=O)=O)CSC12)c1nc(N)sc1Cl)C(=O)O. The molecule has 0 radical (unpaired) electrons. The lowest BCUT2D eigenvalue weighted by atomic mass is 10.0. The molecule has 2 amide bonds. The summed E-state index contributed by atoms with van der Waals surface area (Å²) < 4.78 is 27.8. The van der Waals surface area contributed by atoms with E-state index in [1.54, 1.807) is 27.5 Å². The molecule has 0 aromatic carbocycles. The summed E-state index contributed by atoms with van der Waals surface area (Å²) in [5.74, 6) is -4.22. The standard InChI is InChI=1S/C24H26ClN11O9S3/c1-9(21(39)40)45-33-13(12-16(25)47-24(27)31-12)18(37)30-14-19(38)36-15(22(41)42)10(8-46-20(14)36)7-34-5-2-3-11-17(34)32-23(26)35(11)6-4-29-48(28,43)44/h2-3,5,9,14,20,26,29H,4,6-8H2,1H3,(H7,27,28,30,31,37,39,40,41,42,43,44)/p+1/t9-,14?,20?/m0/s1. The summed E-state index contributed by atoms with van der Waals surface area (Å²) in [5.41, 5.74) is 12.1. The van der Waals surface area contributed by atoms with Gasteiger partial charge in [0.25, 0.3) is 22.0 Å². The predicted octanol–water partition coefficient (Wildman–Crippen LogP) is -1.98. The number of rotatable bonds is 13. The van der Waals surface area contributed by atoms with Gasteiger partial charge in [-0.15, -0.1) is 11.8 Å². The lowest BCUT2D eigenvalue weighted by Gasteiger charge is -2.49. The average molecular weight is 745 g/mol. The van der Waals surface area contributed by atoms with E-state index in [1.807, 2.05) is 0 Å². The number of pyridine rings is 1. The number of nitrogens with two attached hydrogens (primary N) is 3. The number of anilines is 2. The Balaban J connectivity index is 1.38. The number of aromatic nitrogens is 4. The van der Waals surface area contributed by atoms with E-state index in [9.17, 15) is 32.7 Å². The van der Waals surface area contributed by atoms with Gasteiger partial charge in [0, 0.05) is 24.4 Å². The fraction of sp³-hybridized carbons (Fsp3) is 0.333. The van der Waals surface area contributed by atoms with Gasteiger partial charge < -0.3 is 31.8 Å². The number of hydrogen-bond donors (Lipinski definition) is 7. The molecule has 0 aliphatic carbocycles. The minimum Gasteiger partial charge on any atom is -0.478 e. The molecule has 2 unspecified atom stereocenters. The van der Waals surface area contributed by atoms with Gasteiger partial charge in [-0.05, 0) is 24.0 Å². The second-order valence-corrected chi connectivity index (χ2v) is 14.3. The molecule has 5 heterocycles. The van der Waals surface area contributed by atoms with Crippen LogP contribution in [0.3, 0.4) is 0 Å². The van der Waals surface area contributed by atoms with Crippen molar-refractivity contribution < 1.29 is 47.2 Å². The number of carbonyl (C=O) groups excluding carboxylic acids is 2. The van der Waals surface area contributed by atoms with Crippen molar-refractivity contribution in [1.82, 2.24) is 29.5 Å². The maximum atomic E-state index is 13.4. The number of imidazole rings is 1. The van der Waals surface area contributed by atoms with Gasteiger partial charge in [0.05, 0.1) is 6.20 Å². The molecule has 256 valence electrons. The monoisotopic (exact) mass is 744 g/mol. The molecule has 0 bridgehead atoms. The van der Waals surface area contributed by atoms with Crippen molar-refractivity contribution >= 4 is 96.6 Å². The second-order valence-electron chi connectivity index (χ2n) is 10.2. The highest BCUT2D eigenvalue weighted by atomic mass is 35.5. The number of nitrogen functional groups attached to an aromatic ring is 2. The molecular weight excluding hydrogens is 718 g/mol. The summed E-state index contributed by atoms with van der Waals surface area (Å²) in [7, 11) is -3.92. The molecule has 0 saturated carbocycles. The number of halogens is 1. The fourth-order valence-corrected chi connectivity index (χ4v) is 7.51. The van der Waals surface area contributed by atoms with Crippen LogP contribution in [0.4, 0.5) is 11.1 Å². The smallest absolute Gasteiger partial charge is 0.352 e. The predicted molar refractivity (Wildman–Crippen MR) is 171 cm³/mol. The number of β-lactam (4-membered cyclic amide) rings is 1. The highest BCUT2D eigenvalue weighted by Crippen LogP contribution is 2.40. The molecule has 1 fully saturated rings. The normalized spacial score (nSPS) is 18.8. The van der Waals surface area contributed by atoms with Crippen LogP contribution in [0.2, 0.25) is 4.34 Å². The van der Waals surface area contributed by atoms with E-state index < -0.39 is 57.2 Å². The Morgan fingerprint density at radius 3 is 2.65 bits per heavy atom. The summed E-state index contributed by atoms with van der Waals surface area (Å²) in [6, 6.07) is 2.19. The number of carboxylic acids is 2. The van der Waals surface area contributed by atoms with Crippen molar-refractivity contribution in [1.29, 1.82) is 0 Å². The Hall–Kier alpha value is -4.55. The van der Waals surface area contributed by atoms with Gasteiger partial charge in [0.2, 0.25) is 6.10 Å². The Labute approximate surface area is 283 Å². The molecule has 5 rings (SSSR count). The zero-order valence-electron chi connectivity index (χ0n) is 24.6. The molecule has 1 saturated heterocycles. The summed E-state index contributed by atoms with van der Waals surface area (Å²) in [6.45, 7) is 1.23. The van der Waals surface area contributed by atoms with Crippen molar-refractivity contribution in [3.05, 3.63) is 39.6 Å². The van der Waals surface area contributed by atoms with Crippen LogP contribution >= 0.6 is 34.7 Å². The van der Waals surface area contributed by atoms with Crippen LogP contribution < -0.4 is 31.2 Å². The lowest BCUT2D eigenvalue weighted by Crippen LogP contribution is -2.71. The van der Waals surface area contributed by atoms with Crippen LogP contribution in [0.15, 0.2) is 34.8 Å². The molecule has 10 N–H and O–H groups in total. The van der Waals surface area contributed by atoms with Crippen molar-refractivity contribution in [3.8, 4) is 0 Å². The third kappa shape index (κ3) is 7.00. The number of amides is 2. The summed E-state index contributed by atoms with van der Waals surface area (Å²) in [4.78, 5) is 64.7. The number of carboxylic acid groups (broad SMARTS) is 2. The molecular formula is C24H27ClN11O9S3+. The van der Waals surface area contributed by atoms with E-state index in [4.69, 9.17) is 38.2 Å². The number of oxime groups is 1. The Morgan fingerprint density at radius 1 is 1.29 bits per heavy atom. The zero-order valence-corrected chi connectivity index (χ0v) is 27.8. The van der Waals surface area contributed by atoms with Crippen LogP contribution in [0, 0.1) is 0 Å². The third-order valence-corrected chi connectivity index (χ3v) is 10.1. The largest absolute Gasteiger partial charge is 0.478 e. The summed E-state index contributed by atoms with van der Waals surface area (Å²) >= 11 is 8.18. The molecule has 3 atom stereocenters. The third-order valence-electron chi connectivity index (χ3n) is 7.04. The van der Waals surface area contributed by atoms with Crippen LogP contribution in [0.25, 0.3) is 11.2 Å². The maximum absolute atomic E-state index is 13.4. The topological polar surface area (TPSA) is 304 Å². The number of hydrogen-bond acceptors (Lipinski definition) is 14. The van der Waals surface area contributed by atoms with Crippen molar-refractivity contribution in [2.45, 2.75) is 37.5 Å². The van der Waals surface area contributed by atoms with Crippen LogP contribution in [-0.4, -0.2) is 97.3 Å². The Kier molecular flexibility index (Phi) is 9.79. The molecule has 48 heavy (non-hydrogen) atoms. The first-order chi connectivity index (χ1) is 22.6. The molecule has 0 spiro atoms. The molecule has 2 aliphatic rings. The first-order valence-corrected chi connectivity index (χ1v) is 17.4. The first-order valence-electron chi connectivity index (χ1n) is 13.6. The van der Waals surface area contributed by atoms with Gasteiger partial charge in [-0.1, -0.05) is 28.1 Å². The Bertz CT molecular complexity index is 2010. The highest BCUT2D eigenvalue weighted by Gasteiger charge is 2.54. The number of thioether (sulfide) groups is 1. The minimum absolute atomic E-state index is 0.00499. The van der Waals surface area contributed by atoms with Gasteiger partial charge in [-0.2, -0.15) is 8.42 Å². The second kappa shape index (κ2) is 13.5. The average Bonchev–Trinajstić information content (AvgIpc) is 3.51. The number of carbonyl (C=O) groups is 4. The number of fused-ring (bicyclic) bond motifs is 2. The lowest BCUT2D eigenvalue weighted by molar-refractivity contribution is -0.664. The van der Waals surface area contributed by atoms with Gasteiger partial charge in [-0.25, -0.2) is 29.0 Å². The summed E-state index contributed by atoms with van der Waals surface area (Å²) in [6.07, 6.45) is 0.205. The van der Waals surface area contributed by atoms with Crippen LogP contribution in [0.1, 0.15) is 12.6 Å². The summed E-state index contributed by atoms with van der Waals surface area (Å²) in [5, 5.41) is 29.6. The van der Waals surface area contributed by atoms with Crippen molar-refractivity contribution in [2.75, 3.05) is 23.8 Å². The van der Waals surface area contributed by atoms with E-state index in [0.29, 0.717) is 16.7 Å². The Morgan fingerprint density at radius 2 is 2.02 bits per heavy atom. The molecule has 3 aromatic rings. The van der Waals surface area contributed by atoms with Crippen molar-refractivity contribution in [2.24, 2.45) is 10.3 Å². The van der Waals surface area contributed by atoms with Crippen molar-refractivity contribution in [3.63, 3.8) is 0 Å². The first kappa shape index (κ1) is 34.8. The number of nitrogens with zero attached hydrogens (tertiary/aromatic N) is 6. The highest BCUT2D eigenvalue weighted by molar-refractivity contribution is 8.00. The van der Waals surface area contributed by atoms with Gasteiger partial charge >= 0.3 is 23.5 Å². The molecule has 2 aliphatic heterocycles. The van der Waals surface area contributed by atoms with E-state index in [0.717, 1.165) is 16.2 Å². The minimum atomic E-state index is -3.92. The van der Waals surface area contributed by atoms with E-state index in [2.05, 4.69) is 25.2 Å². The zero-order chi connectivity index (χ0) is 35.1. The number of thiazole rings is 1. The quantitative estimate of drug-likeness (QED) is 0.0432. The maximum Gasteiger partial charge on any atom is 0.352 e. The van der Waals surface area contributed by atoms with Gasteiger partial charge in [0.1, 0.15) is 39.2 Å². The molecule has 3 aromatic heterocycles.